The Morgan fingerprint density at radius 3 is 2.62 bits per heavy atom. The van der Waals surface area contributed by atoms with Crippen molar-refractivity contribution in [2.75, 3.05) is 11.0 Å². The summed E-state index contributed by atoms with van der Waals surface area (Å²) in [6.07, 6.45) is 2.61. The number of nitrogens with zero attached hydrogens (tertiary/aromatic N) is 1. The van der Waals surface area contributed by atoms with Crippen LogP contribution in [0.3, 0.4) is 0 Å². The summed E-state index contributed by atoms with van der Waals surface area (Å²) >= 11 is 0. The summed E-state index contributed by atoms with van der Waals surface area (Å²) in [5.41, 5.74) is 6.21. The topological polar surface area (TPSA) is 85.1 Å². The highest BCUT2D eigenvalue weighted by molar-refractivity contribution is 7.92. The molecule has 6 heteroatoms. The van der Waals surface area contributed by atoms with Crippen molar-refractivity contribution in [3.8, 4) is 0 Å². The Morgan fingerprint density at radius 1 is 1.54 bits per heavy atom. The van der Waals surface area contributed by atoms with Crippen LogP contribution in [0.25, 0.3) is 0 Å². The van der Waals surface area contributed by atoms with Crippen LogP contribution in [0.1, 0.15) is 5.56 Å². The maximum atomic E-state index is 10.8. The van der Waals surface area contributed by atoms with E-state index in [-0.39, 0.29) is 0 Å². The molecule has 1 rings (SSSR count). The van der Waals surface area contributed by atoms with Gasteiger partial charge in [0.2, 0.25) is 10.0 Å². The second-order valence-corrected chi connectivity index (χ2v) is 4.38. The smallest absolute Gasteiger partial charge is 0.230 e. The second-order valence-electron chi connectivity index (χ2n) is 2.63. The molecule has 0 atom stereocenters. The van der Waals surface area contributed by atoms with Crippen molar-refractivity contribution in [1.82, 2.24) is 4.98 Å². The van der Waals surface area contributed by atoms with Crippen LogP contribution in [0.4, 0.5) is 5.82 Å². The summed E-state index contributed by atoms with van der Waals surface area (Å²) in [4.78, 5) is 3.86. The van der Waals surface area contributed by atoms with Gasteiger partial charge in [-0.15, -0.1) is 0 Å². The van der Waals surface area contributed by atoms with Crippen molar-refractivity contribution < 1.29 is 8.42 Å². The Hall–Kier alpha value is -1.14. The standard InChI is InChI=1S/C7H11N3O2S/c1-13(11,12)10-7-3-2-6(4-8)5-9-7/h2-3,5H,4,8H2,1H3,(H,9,10). The summed E-state index contributed by atoms with van der Waals surface area (Å²) < 4.78 is 23.8. The van der Waals surface area contributed by atoms with Gasteiger partial charge in [-0.1, -0.05) is 6.07 Å². The lowest BCUT2D eigenvalue weighted by molar-refractivity contribution is 0.606. The zero-order valence-corrected chi connectivity index (χ0v) is 8.00. The predicted octanol–water partition coefficient (Wildman–Crippen LogP) is -0.0882. The Labute approximate surface area is 77.0 Å². The van der Waals surface area contributed by atoms with Crippen LogP contribution >= 0.6 is 0 Å². The molecule has 0 aliphatic heterocycles. The van der Waals surface area contributed by atoms with Gasteiger partial charge in [0, 0.05) is 12.7 Å². The normalized spacial score (nSPS) is 11.2. The van der Waals surface area contributed by atoms with Crippen LogP contribution in [-0.4, -0.2) is 19.7 Å². The summed E-state index contributed by atoms with van der Waals surface area (Å²) in [5.74, 6) is 0.305. The van der Waals surface area contributed by atoms with E-state index in [0.29, 0.717) is 12.4 Å². The lowest BCUT2D eigenvalue weighted by Crippen LogP contribution is -2.10. The van der Waals surface area contributed by atoms with Crippen LogP contribution in [0, 0.1) is 0 Å². The number of pyridine rings is 1. The summed E-state index contributed by atoms with van der Waals surface area (Å²) in [5, 5.41) is 0. The van der Waals surface area contributed by atoms with Crippen molar-refractivity contribution in [3.63, 3.8) is 0 Å². The SMILES string of the molecule is CS(=O)(=O)Nc1ccc(CN)cn1. The molecule has 0 unspecified atom stereocenters. The average molecular weight is 201 g/mol. The third-order valence-corrected chi connectivity index (χ3v) is 1.93. The van der Waals surface area contributed by atoms with Gasteiger partial charge >= 0.3 is 0 Å². The van der Waals surface area contributed by atoms with E-state index in [0.717, 1.165) is 11.8 Å². The molecule has 0 aliphatic rings. The molecule has 0 saturated carbocycles. The molecule has 0 fully saturated rings. The fraction of sp³-hybridized carbons (Fsp3) is 0.286. The minimum Gasteiger partial charge on any atom is -0.326 e. The molecule has 72 valence electrons. The first-order valence-electron chi connectivity index (χ1n) is 3.64. The maximum Gasteiger partial charge on any atom is 0.230 e. The molecule has 0 aromatic carbocycles. The molecular formula is C7H11N3O2S. The van der Waals surface area contributed by atoms with E-state index in [1.54, 1.807) is 12.1 Å². The molecule has 1 heterocycles. The summed E-state index contributed by atoms with van der Waals surface area (Å²) in [6, 6.07) is 3.30. The summed E-state index contributed by atoms with van der Waals surface area (Å²) in [7, 11) is -3.24. The second kappa shape index (κ2) is 3.71. The number of nitrogens with two attached hydrogens (primary N) is 1. The van der Waals surface area contributed by atoms with E-state index >= 15 is 0 Å². The minimum atomic E-state index is -3.24. The lowest BCUT2D eigenvalue weighted by atomic mass is 10.3. The molecule has 0 bridgehead atoms. The van der Waals surface area contributed by atoms with Crippen LogP contribution in [0.2, 0.25) is 0 Å². The molecule has 13 heavy (non-hydrogen) atoms. The molecule has 1 aromatic rings. The van der Waals surface area contributed by atoms with E-state index < -0.39 is 10.0 Å². The summed E-state index contributed by atoms with van der Waals surface area (Å²) in [6.45, 7) is 0.395. The van der Waals surface area contributed by atoms with E-state index in [4.69, 9.17) is 5.73 Å². The van der Waals surface area contributed by atoms with Crippen molar-refractivity contribution in [2.24, 2.45) is 5.73 Å². The Bertz CT molecular complexity index is 371. The molecule has 0 saturated heterocycles. The van der Waals surface area contributed by atoms with E-state index in [1.165, 1.54) is 6.20 Å². The molecular weight excluding hydrogens is 190 g/mol. The lowest BCUT2D eigenvalue weighted by Gasteiger charge is -2.02. The maximum absolute atomic E-state index is 10.8. The number of aromatic nitrogens is 1. The van der Waals surface area contributed by atoms with Crippen LogP contribution < -0.4 is 10.5 Å². The van der Waals surface area contributed by atoms with E-state index in [1.807, 2.05) is 0 Å². The van der Waals surface area contributed by atoms with Gasteiger partial charge in [0.25, 0.3) is 0 Å². The molecule has 0 radical (unpaired) electrons. The Balaban J connectivity index is 2.81. The molecule has 0 spiro atoms. The van der Waals surface area contributed by atoms with Crippen molar-refractivity contribution in [1.29, 1.82) is 0 Å². The van der Waals surface area contributed by atoms with Gasteiger partial charge in [-0.05, 0) is 11.6 Å². The van der Waals surface area contributed by atoms with Crippen LogP contribution in [0.5, 0.6) is 0 Å². The number of hydrogen-bond donors (Lipinski definition) is 2. The van der Waals surface area contributed by atoms with Gasteiger partial charge in [-0.3, -0.25) is 4.72 Å². The van der Waals surface area contributed by atoms with Gasteiger partial charge in [0.15, 0.2) is 0 Å². The van der Waals surface area contributed by atoms with Crippen molar-refractivity contribution in [3.05, 3.63) is 23.9 Å². The van der Waals surface area contributed by atoms with Crippen molar-refractivity contribution in [2.45, 2.75) is 6.54 Å². The molecule has 0 aliphatic carbocycles. The third-order valence-electron chi connectivity index (χ3n) is 1.35. The zero-order chi connectivity index (χ0) is 9.90. The quantitative estimate of drug-likeness (QED) is 0.715. The van der Waals surface area contributed by atoms with Gasteiger partial charge in [-0.25, -0.2) is 13.4 Å². The largest absolute Gasteiger partial charge is 0.326 e. The molecule has 5 nitrogen and oxygen atoms in total. The van der Waals surface area contributed by atoms with Gasteiger partial charge < -0.3 is 5.73 Å². The first kappa shape index (κ1) is 9.94. The number of hydrogen-bond acceptors (Lipinski definition) is 4. The minimum absolute atomic E-state index is 0.305. The van der Waals surface area contributed by atoms with E-state index in [9.17, 15) is 8.42 Å². The number of rotatable bonds is 3. The predicted molar refractivity (Wildman–Crippen MR) is 50.6 cm³/mol. The fourth-order valence-corrected chi connectivity index (χ4v) is 1.30. The number of sulfonamides is 1. The average Bonchev–Trinajstić information content (AvgIpc) is 2.03. The highest BCUT2D eigenvalue weighted by atomic mass is 32.2. The number of nitrogens with one attached hydrogen (secondary N) is 1. The fourth-order valence-electron chi connectivity index (χ4n) is 0.796. The van der Waals surface area contributed by atoms with Gasteiger partial charge in [-0.2, -0.15) is 0 Å². The molecule has 0 amide bonds. The van der Waals surface area contributed by atoms with E-state index in [2.05, 4.69) is 9.71 Å². The first-order valence-corrected chi connectivity index (χ1v) is 5.53. The monoisotopic (exact) mass is 201 g/mol. The third kappa shape index (κ3) is 3.39. The highest BCUT2D eigenvalue weighted by Gasteiger charge is 2.01. The van der Waals surface area contributed by atoms with Gasteiger partial charge in [0.05, 0.1) is 6.26 Å². The number of anilines is 1. The zero-order valence-electron chi connectivity index (χ0n) is 7.19. The Morgan fingerprint density at radius 2 is 2.23 bits per heavy atom. The van der Waals surface area contributed by atoms with Crippen LogP contribution in [0.15, 0.2) is 18.3 Å². The van der Waals surface area contributed by atoms with Gasteiger partial charge in [0.1, 0.15) is 5.82 Å². The Kier molecular flexibility index (Phi) is 2.84. The molecule has 1 aromatic heterocycles. The van der Waals surface area contributed by atoms with Crippen LogP contribution in [-0.2, 0) is 16.6 Å². The van der Waals surface area contributed by atoms with Crippen molar-refractivity contribution >= 4 is 15.8 Å². The highest BCUT2D eigenvalue weighted by Crippen LogP contribution is 2.05. The molecule has 3 N–H and O–H groups in total. The first-order chi connectivity index (χ1) is 6.01.